The molecule has 1 aliphatic rings. The summed E-state index contributed by atoms with van der Waals surface area (Å²) in [4.78, 5) is 12.6. The third kappa shape index (κ3) is 3.00. The fraction of sp³-hybridized carbons (Fsp3) is 0.750. The number of hydrogen-bond acceptors (Lipinski definition) is 6. The van der Waals surface area contributed by atoms with E-state index in [2.05, 4.69) is 39.4 Å². The predicted molar refractivity (Wildman–Crippen MR) is 71.0 cm³/mol. The maximum absolute atomic E-state index is 5.06. The van der Waals surface area contributed by atoms with Crippen LogP contribution >= 0.6 is 0 Å². The molecule has 6 heteroatoms. The summed E-state index contributed by atoms with van der Waals surface area (Å²) in [6, 6.07) is 0.755. The third-order valence-electron chi connectivity index (χ3n) is 3.32. The van der Waals surface area contributed by atoms with Gasteiger partial charge < -0.3 is 15.4 Å². The Kier molecular flexibility index (Phi) is 3.54. The first-order chi connectivity index (χ1) is 8.52. The topological polar surface area (TPSA) is 72.0 Å². The van der Waals surface area contributed by atoms with Crippen LogP contribution in [0.4, 0.5) is 11.9 Å². The number of aromatic nitrogens is 3. The van der Waals surface area contributed by atoms with E-state index in [9.17, 15) is 0 Å². The molecule has 0 saturated heterocycles. The molecule has 0 amide bonds. The van der Waals surface area contributed by atoms with Crippen LogP contribution in [-0.4, -0.2) is 35.2 Å². The Morgan fingerprint density at radius 3 is 2.50 bits per heavy atom. The van der Waals surface area contributed by atoms with Crippen LogP contribution in [0.15, 0.2) is 0 Å². The summed E-state index contributed by atoms with van der Waals surface area (Å²) in [7, 11) is 3.33. The highest BCUT2D eigenvalue weighted by Crippen LogP contribution is 2.38. The van der Waals surface area contributed by atoms with E-state index in [1.54, 1.807) is 14.2 Å². The smallest absolute Gasteiger partial charge is 0.322 e. The molecule has 1 aromatic heterocycles. The van der Waals surface area contributed by atoms with E-state index in [1.807, 2.05) is 0 Å². The standard InChI is InChI=1S/C12H21N5O/c1-12(2)6-5-8(7-12)14-10-15-9(13-3)16-11(17-10)18-4/h8H,5-7H2,1-4H3,(H2,13,14,15,16,17). The molecular weight excluding hydrogens is 230 g/mol. The van der Waals surface area contributed by atoms with Gasteiger partial charge in [-0.25, -0.2) is 0 Å². The van der Waals surface area contributed by atoms with Gasteiger partial charge in [0, 0.05) is 13.1 Å². The summed E-state index contributed by atoms with van der Waals surface area (Å²) < 4.78 is 5.06. The summed E-state index contributed by atoms with van der Waals surface area (Å²) in [6.45, 7) is 4.59. The maximum Gasteiger partial charge on any atom is 0.322 e. The number of ether oxygens (including phenoxy) is 1. The van der Waals surface area contributed by atoms with Crippen LogP contribution in [0.5, 0.6) is 6.01 Å². The molecule has 0 radical (unpaired) electrons. The predicted octanol–water partition coefficient (Wildman–Crippen LogP) is 1.91. The van der Waals surface area contributed by atoms with Gasteiger partial charge in [-0.2, -0.15) is 15.0 Å². The lowest BCUT2D eigenvalue weighted by Crippen LogP contribution is -2.20. The van der Waals surface area contributed by atoms with Crippen molar-refractivity contribution in [2.24, 2.45) is 5.41 Å². The Morgan fingerprint density at radius 1 is 1.22 bits per heavy atom. The van der Waals surface area contributed by atoms with E-state index < -0.39 is 0 Å². The minimum absolute atomic E-state index is 0.328. The fourth-order valence-corrected chi connectivity index (χ4v) is 2.37. The van der Waals surface area contributed by atoms with E-state index in [-0.39, 0.29) is 0 Å². The zero-order valence-electron chi connectivity index (χ0n) is 11.4. The Balaban J connectivity index is 2.09. The van der Waals surface area contributed by atoms with Crippen molar-refractivity contribution in [3.63, 3.8) is 0 Å². The average molecular weight is 251 g/mol. The molecule has 0 aliphatic heterocycles. The molecule has 1 heterocycles. The van der Waals surface area contributed by atoms with Crippen molar-refractivity contribution in [3.8, 4) is 6.01 Å². The van der Waals surface area contributed by atoms with Crippen LogP contribution in [0.1, 0.15) is 33.1 Å². The van der Waals surface area contributed by atoms with Gasteiger partial charge in [-0.1, -0.05) is 13.8 Å². The third-order valence-corrected chi connectivity index (χ3v) is 3.32. The second-order valence-corrected chi connectivity index (χ2v) is 5.47. The first-order valence-corrected chi connectivity index (χ1v) is 6.27. The SMILES string of the molecule is CNc1nc(NC2CCC(C)(C)C2)nc(OC)n1. The van der Waals surface area contributed by atoms with E-state index in [4.69, 9.17) is 4.74 Å². The van der Waals surface area contributed by atoms with Crippen LogP contribution in [0.2, 0.25) is 0 Å². The molecule has 0 aromatic carbocycles. The Bertz CT molecular complexity index is 399. The lowest BCUT2D eigenvalue weighted by atomic mass is 9.92. The van der Waals surface area contributed by atoms with Gasteiger partial charge in [0.2, 0.25) is 11.9 Å². The van der Waals surface area contributed by atoms with Gasteiger partial charge in [0.25, 0.3) is 0 Å². The molecule has 0 spiro atoms. The lowest BCUT2D eigenvalue weighted by molar-refractivity contribution is 0.376. The molecule has 2 N–H and O–H groups in total. The molecule has 1 atom stereocenters. The van der Waals surface area contributed by atoms with E-state index in [0.717, 1.165) is 12.8 Å². The maximum atomic E-state index is 5.06. The monoisotopic (exact) mass is 251 g/mol. The van der Waals surface area contributed by atoms with Gasteiger partial charge >= 0.3 is 6.01 Å². The summed E-state index contributed by atoms with van der Waals surface area (Å²) in [6.07, 6.45) is 3.51. The van der Waals surface area contributed by atoms with Gasteiger partial charge in [0.15, 0.2) is 0 Å². The van der Waals surface area contributed by atoms with Crippen molar-refractivity contribution in [1.29, 1.82) is 0 Å². The first-order valence-electron chi connectivity index (χ1n) is 6.27. The zero-order chi connectivity index (χ0) is 13.2. The fourth-order valence-electron chi connectivity index (χ4n) is 2.37. The second-order valence-electron chi connectivity index (χ2n) is 5.47. The zero-order valence-corrected chi connectivity index (χ0v) is 11.4. The molecule has 1 aromatic rings. The van der Waals surface area contributed by atoms with Gasteiger partial charge in [0.1, 0.15) is 0 Å². The van der Waals surface area contributed by atoms with E-state index >= 15 is 0 Å². The number of nitrogens with zero attached hydrogens (tertiary/aromatic N) is 3. The average Bonchev–Trinajstić information content (AvgIpc) is 2.68. The van der Waals surface area contributed by atoms with Crippen LogP contribution in [0.3, 0.4) is 0 Å². The summed E-state index contributed by atoms with van der Waals surface area (Å²) >= 11 is 0. The van der Waals surface area contributed by atoms with Crippen LogP contribution in [0, 0.1) is 5.41 Å². The second kappa shape index (κ2) is 4.96. The van der Waals surface area contributed by atoms with E-state index in [1.165, 1.54) is 6.42 Å². The van der Waals surface area contributed by atoms with Gasteiger partial charge in [0.05, 0.1) is 7.11 Å². The van der Waals surface area contributed by atoms with E-state index in [0.29, 0.717) is 29.4 Å². The van der Waals surface area contributed by atoms with Crippen LogP contribution < -0.4 is 15.4 Å². The number of rotatable bonds is 4. The van der Waals surface area contributed by atoms with Crippen molar-refractivity contribution in [2.45, 2.75) is 39.2 Å². The van der Waals surface area contributed by atoms with Gasteiger partial charge in [-0.15, -0.1) is 0 Å². The summed E-state index contributed by atoms with van der Waals surface area (Å²) in [5.41, 5.74) is 0.403. The van der Waals surface area contributed by atoms with Crippen molar-refractivity contribution in [3.05, 3.63) is 0 Å². The van der Waals surface area contributed by atoms with Gasteiger partial charge in [-0.3, -0.25) is 0 Å². The largest absolute Gasteiger partial charge is 0.467 e. The molecule has 100 valence electrons. The van der Waals surface area contributed by atoms with Gasteiger partial charge in [-0.05, 0) is 24.7 Å². The molecule has 2 rings (SSSR count). The molecule has 6 nitrogen and oxygen atoms in total. The molecule has 18 heavy (non-hydrogen) atoms. The highest BCUT2D eigenvalue weighted by Gasteiger charge is 2.31. The molecular formula is C12H21N5O. The number of nitrogens with one attached hydrogen (secondary N) is 2. The minimum Gasteiger partial charge on any atom is -0.467 e. The number of hydrogen-bond donors (Lipinski definition) is 2. The Morgan fingerprint density at radius 2 is 1.94 bits per heavy atom. The van der Waals surface area contributed by atoms with Crippen molar-refractivity contribution in [2.75, 3.05) is 24.8 Å². The quantitative estimate of drug-likeness (QED) is 0.851. The summed E-state index contributed by atoms with van der Waals surface area (Å²) in [5.74, 6) is 1.09. The van der Waals surface area contributed by atoms with Crippen LogP contribution in [-0.2, 0) is 0 Å². The minimum atomic E-state index is 0.328. The highest BCUT2D eigenvalue weighted by molar-refractivity contribution is 5.36. The molecule has 1 fully saturated rings. The Hall–Kier alpha value is -1.59. The molecule has 1 unspecified atom stereocenters. The van der Waals surface area contributed by atoms with Crippen molar-refractivity contribution >= 4 is 11.9 Å². The Labute approximate surface area is 108 Å². The van der Waals surface area contributed by atoms with Crippen molar-refractivity contribution < 1.29 is 4.74 Å². The number of anilines is 2. The number of methoxy groups -OCH3 is 1. The normalized spacial score (nSPS) is 21.7. The summed E-state index contributed by atoms with van der Waals surface area (Å²) in [5, 5.41) is 6.26. The molecule has 1 aliphatic carbocycles. The molecule has 1 saturated carbocycles. The lowest BCUT2D eigenvalue weighted by Gasteiger charge is -2.18. The van der Waals surface area contributed by atoms with Crippen LogP contribution in [0.25, 0.3) is 0 Å². The molecule has 0 bridgehead atoms. The van der Waals surface area contributed by atoms with Crippen molar-refractivity contribution in [1.82, 2.24) is 15.0 Å². The first kappa shape index (κ1) is 12.9. The highest BCUT2D eigenvalue weighted by atomic mass is 16.5.